The summed E-state index contributed by atoms with van der Waals surface area (Å²) in [7, 11) is 0. The van der Waals surface area contributed by atoms with Gasteiger partial charge in [-0.05, 0) is 30.7 Å². The summed E-state index contributed by atoms with van der Waals surface area (Å²) in [4.78, 5) is 23.1. The highest BCUT2D eigenvalue weighted by atomic mass is 19.4. The van der Waals surface area contributed by atoms with Gasteiger partial charge in [0.2, 0.25) is 0 Å². The number of alkyl halides is 3. The van der Waals surface area contributed by atoms with Crippen molar-refractivity contribution in [2.24, 2.45) is 0 Å². The van der Waals surface area contributed by atoms with E-state index in [0.29, 0.717) is 6.54 Å². The van der Waals surface area contributed by atoms with Crippen LogP contribution < -0.4 is 16.0 Å². The minimum Gasteiger partial charge on any atom is -0.350 e. The molecule has 3 N–H and O–H groups in total. The lowest BCUT2D eigenvalue weighted by Gasteiger charge is -2.09. The Morgan fingerprint density at radius 2 is 1.52 bits per heavy atom. The summed E-state index contributed by atoms with van der Waals surface area (Å²) in [6.07, 6.45) is -2.56. The molecule has 0 radical (unpaired) electrons. The van der Waals surface area contributed by atoms with Crippen molar-refractivity contribution in [2.75, 3.05) is 19.6 Å². The Morgan fingerprint density at radius 1 is 0.957 bits per heavy atom. The van der Waals surface area contributed by atoms with Gasteiger partial charge >= 0.3 is 12.2 Å². The van der Waals surface area contributed by atoms with Crippen LogP contribution in [0, 0.1) is 0 Å². The molecule has 0 unspecified atom stereocenters. The molecule has 128 valence electrons. The summed E-state index contributed by atoms with van der Waals surface area (Å²) >= 11 is 0. The number of hydrogen-bond acceptors (Lipinski definition) is 2. The number of amides is 3. The van der Waals surface area contributed by atoms with E-state index in [-0.39, 0.29) is 24.7 Å². The molecule has 23 heavy (non-hydrogen) atoms. The van der Waals surface area contributed by atoms with Crippen LogP contribution in [0.1, 0.15) is 35.7 Å². The SMILES string of the molecule is CCCCNC(=O)NCCNC(=O)c1ccc(C(F)(F)F)cc1. The molecule has 0 aliphatic heterocycles. The number of carbonyl (C=O) groups excluding carboxylic acids is 2. The fourth-order valence-electron chi connectivity index (χ4n) is 1.71. The van der Waals surface area contributed by atoms with E-state index in [9.17, 15) is 22.8 Å². The van der Waals surface area contributed by atoms with Gasteiger partial charge in [0.05, 0.1) is 5.56 Å². The van der Waals surface area contributed by atoms with Crippen molar-refractivity contribution in [1.29, 1.82) is 0 Å². The smallest absolute Gasteiger partial charge is 0.350 e. The predicted molar refractivity (Wildman–Crippen MR) is 80.1 cm³/mol. The zero-order valence-electron chi connectivity index (χ0n) is 12.8. The molecule has 8 heteroatoms. The van der Waals surface area contributed by atoms with Gasteiger partial charge in [-0.25, -0.2) is 4.79 Å². The number of carbonyl (C=O) groups is 2. The number of unbranched alkanes of at least 4 members (excludes halogenated alkanes) is 1. The van der Waals surface area contributed by atoms with Crippen LogP contribution in [-0.4, -0.2) is 31.6 Å². The predicted octanol–water partition coefficient (Wildman–Crippen LogP) is 2.53. The lowest BCUT2D eigenvalue weighted by molar-refractivity contribution is -0.137. The van der Waals surface area contributed by atoms with Crippen LogP contribution in [0.3, 0.4) is 0 Å². The molecule has 0 atom stereocenters. The van der Waals surface area contributed by atoms with Crippen molar-refractivity contribution in [1.82, 2.24) is 16.0 Å². The highest BCUT2D eigenvalue weighted by molar-refractivity contribution is 5.94. The highest BCUT2D eigenvalue weighted by Crippen LogP contribution is 2.28. The third kappa shape index (κ3) is 7.03. The first-order chi connectivity index (χ1) is 10.8. The van der Waals surface area contributed by atoms with Gasteiger partial charge in [0.15, 0.2) is 0 Å². The standard InChI is InChI=1S/C15H20F3N3O2/c1-2-3-8-20-14(23)21-10-9-19-13(22)11-4-6-12(7-5-11)15(16,17)18/h4-7H,2-3,8-10H2,1H3,(H,19,22)(H2,20,21,23). The Balaban J connectivity index is 2.30. The van der Waals surface area contributed by atoms with Gasteiger partial charge < -0.3 is 16.0 Å². The number of rotatable bonds is 7. The van der Waals surface area contributed by atoms with Crippen molar-refractivity contribution in [3.05, 3.63) is 35.4 Å². The first-order valence-electron chi connectivity index (χ1n) is 7.31. The van der Waals surface area contributed by atoms with E-state index in [1.165, 1.54) is 0 Å². The van der Waals surface area contributed by atoms with Crippen LogP contribution >= 0.6 is 0 Å². The third-order valence-corrected chi connectivity index (χ3v) is 2.99. The number of halogens is 3. The van der Waals surface area contributed by atoms with Crippen molar-refractivity contribution in [3.8, 4) is 0 Å². The average Bonchev–Trinajstić information content (AvgIpc) is 2.51. The quantitative estimate of drug-likeness (QED) is 0.672. The van der Waals surface area contributed by atoms with E-state index in [0.717, 1.165) is 37.1 Å². The van der Waals surface area contributed by atoms with E-state index in [1.54, 1.807) is 0 Å². The Labute approximate surface area is 132 Å². The highest BCUT2D eigenvalue weighted by Gasteiger charge is 2.30. The van der Waals surface area contributed by atoms with Crippen molar-refractivity contribution >= 4 is 11.9 Å². The average molecular weight is 331 g/mol. The van der Waals surface area contributed by atoms with Crippen molar-refractivity contribution in [2.45, 2.75) is 25.9 Å². The largest absolute Gasteiger partial charge is 0.416 e. The maximum Gasteiger partial charge on any atom is 0.416 e. The molecule has 0 aliphatic carbocycles. The van der Waals surface area contributed by atoms with E-state index in [1.807, 2.05) is 6.92 Å². The first kappa shape index (κ1) is 18.8. The van der Waals surface area contributed by atoms with E-state index >= 15 is 0 Å². The van der Waals surface area contributed by atoms with Gasteiger partial charge in [0, 0.05) is 25.2 Å². The van der Waals surface area contributed by atoms with Gasteiger partial charge in [0.1, 0.15) is 0 Å². The maximum absolute atomic E-state index is 12.4. The second kappa shape index (κ2) is 9.02. The molecule has 5 nitrogen and oxygen atoms in total. The van der Waals surface area contributed by atoms with Gasteiger partial charge in [-0.3, -0.25) is 4.79 Å². The second-order valence-corrected chi connectivity index (χ2v) is 4.87. The summed E-state index contributed by atoms with van der Waals surface area (Å²) in [5.74, 6) is -0.494. The number of benzene rings is 1. The molecule has 1 rings (SSSR count). The van der Waals surface area contributed by atoms with Crippen molar-refractivity contribution in [3.63, 3.8) is 0 Å². The van der Waals surface area contributed by atoms with Crippen LogP contribution in [0.4, 0.5) is 18.0 Å². The zero-order chi connectivity index (χ0) is 17.3. The van der Waals surface area contributed by atoms with Gasteiger partial charge in [-0.1, -0.05) is 13.3 Å². The molecule has 0 aliphatic rings. The Hall–Kier alpha value is -2.25. The molecule has 0 spiro atoms. The first-order valence-corrected chi connectivity index (χ1v) is 7.31. The molecule has 0 aromatic heterocycles. The molecule has 3 amide bonds. The van der Waals surface area contributed by atoms with E-state index in [2.05, 4.69) is 16.0 Å². The number of hydrogen-bond donors (Lipinski definition) is 3. The molecule has 0 saturated carbocycles. The lowest BCUT2D eigenvalue weighted by atomic mass is 10.1. The third-order valence-electron chi connectivity index (χ3n) is 2.99. The Bertz CT molecular complexity index is 516. The molecular formula is C15H20F3N3O2. The van der Waals surface area contributed by atoms with Crippen molar-refractivity contribution < 1.29 is 22.8 Å². The molecule has 0 fully saturated rings. The van der Waals surface area contributed by atoms with Gasteiger partial charge in [-0.2, -0.15) is 13.2 Å². The zero-order valence-corrected chi connectivity index (χ0v) is 12.8. The van der Waals surface area contributed by atoms with E-state index < -0.39 is 17.6 Å². The van der Waals surface area contributed by atoms with Crippen LogP contribution in [0.15, 0.2) is 24.3 Å². The minimum atomic E-state index is -4.43. The molecule has 0 bridgehead atoms. The molecule has 0 heterocycles. The molecular weight excluding hydrogens is 311 g/mol. The summed E-state index contributed by atoms with van der Waals surface area (Å²) in [6, 6.07) is 3.62. The van der Waals surface area contributed by atoms with Gasteiger partial charge in [-0.15, -0.1) is 0 Å². The van der Waals surface area contributed by atoms with Crippen LogP contribution in [-0.2, 0) is 6.18 Å². The summed E-state index contributed by atoms with van der Waals surface area (Å²) in [5, 5.41) is 7.74. The minimum absolute atomic E-state index is 0.130. The van der Waals surface area contributed by atoms with Crippen LogP contribution in [0.5, 0.6) is 0 Å². The van der Waals surface area contributed by atoms with Crippen LogP contribution in [0.2, 0.25) is 0 Å². The normalized spacial score (nSPS) is 11.0. The lowest BCUT2D eigenvalue weighted by Crippen LogP contribution is -2.40. The molecule has 1 aromatic carbocycles. The maximum atomic E-state index is 12.4. The number of urea groups is 1. The Morgan fingerprint density at radius 3 is 2.09 bits per heavy atom. The summed E-state index contributed by atoms with van der Waals surface area (Å²) < 4.78 is 37.2. The summed E-state index contributed by atoms with van der Waals surface area (Å²) in [6.45, 7) is 3.00. The summed E-state index contributed by atoms with van der Waals surface area (Å²) in [5.41, 5.74) is -0.676. The molecule has 1 aromatic rings. The topological polar surface area (TPSA) is 70.2 Å². The number of nitrogens with one attached hydrogen (secondary N) is 3. The second-order valence-electron chi connectivity index (χ2n) is 4.87. The fourth-order valence-corrected chi connectivity index (χ4v) is 1.71. The molecule has 0 saturated heterocycles. The fraction of sp³-hybridized carbons (Fsp3) is 0.467. The monoisotopic (exact) mass is 331 g/mol. The Kier molecular flexibility index (Phi) is 7.37. The van der Waals surface area contributed by atoms with Gasteiger partial charge in [0.25, 0.3) is 5.91 Å². The van der Waals surface area contributed by atoms with Crippen LogP contribution in [0.25, 0.3) is 0 Å². The van der Waals surface area contributed by atoms with E-state index in [4.69, 9.17) is 0 Å².